The van der Waals surface area contributed by atoms with Crippen molar-refractivity contribution in [3.05, 3.63) is 72.8 Å². The number of hydrogen-bond donors (Lipinski definition) is 0. The molecule has 1 aliphatic heterocycles. The number of ether oxygens (including phenoxy) is 4. The summed E-state index contributed by atoms with van der Waals surface area (Å²) in [5.74, 6) is 1.22. The van der Waals surface area contributed by atoms with E-state index in [1.54, 1.807) is 13.0 Å². The Balaban J connectivity index is 1.36. The number of nitrogens with zero attached hydrogens (tertiary/aromatic N) is 3. The molecule has 0 N–H and O–H groups in total. The number of aromatic nitrogens is 2. The predicted octanol–water partition coefficient (Wildman–Crippen LogP) is 4.62. The van der Waals surface area contributed by atoms with Gasteiger partial charge in [0.15, 0.2) is 12.4 Å². The van der Waals surface area contributed by atoms with E-state index < -0.39 is 5.97 Å². The molecule has 1 fully saturated rings. The molecule has 0 unspecified atom stereocenters. The van der Waals surface area contributed by atoms with Crippen LogP contribution in [0.1, 0.15) is 6.92 Å². The molecule has 3 aromatic carbocycles. The number of rotatable bonds is 10. The summed E-state index contributed by atoms with van der Waals surface area (Å²) in [5, 5.41) is 2.11. The molecule has 0 amide bonds. The van der Waals surface area contributed by atoms with Crippen LogP contribution in [-0.4, -0.2) is 73.5 Å². The van der Waals surface area contributed by atoms with Gasteiger partial charge in [-0.15, -0.1) is 0 Å². The second-order valence-electron chi connectivity index (χ2n) is 8.90. The van der Waals surface area contributed by atoms with Gasteiger partial charge in [-0.1, -0.05) is 48.5 Å². The molecule has 0 aliphatic carbocycles. The van der Waals surface area contributed by atoms with Crippen molar-refractivity contribution in [1.29, 1.82) is 0 Å². The Hall–Kier alpha value is -4.01. The van der Waals surface area contributed by atoms with Gasteiger partial charge in [0, 0.05) is 36.8 Å². The first-order chi connectivity index (χ1) is 18.7. The summed E-state index contributed by atoms with van der Waals surface area (Å²) in [7, 11) is 0. The normalized spacial score (nSPS) is 13.8. The standard InChI is InChI=1S/C30H31N3O5/c1-2-36-29(34)21-38-28-20-27(22-6-4-3-5-7-22)31-30(32-28)25-9-8-24-19-26(11-10-23(24)18-25)37-17-14-33-12-15-35-16-13-33/h3-11,18-20H,2,12-17,21H2,1H3. The van der Waals surface area contributed by atoms with Crippen LogP contribution in [0.3, 0.4) is 0 Å². The predicted molar refractivity (Wildman–Crippen MR) is 145 cm³/mol. The zero-order valence-electron chi connectivity index (χ0n) is 21.5. The zero-order chi connectivity index (χ0) is 26.2. The highest BCUT2D eigenvalue weighted by Gasteiger charge is 2.13. The summed E-state index contributed by atoms with van der Waals surface area (Å²) in [4.78, 5) is 23.6. The van der Waals surface area contributed by atoms with Crippen molar-refractivity contribution in [3.8, 4) is 34.3 Å². The Labute approximate surface area is 222 Å². The third-order valence-electron chi connectivity index (χ3n) is 6.27. The van der Waals surface area contributed by atoms with Crippen molar-refractivity contribution in [3.63, 3.8) is 0 Å². The molecule has 196 valence electrons. The molecule has 1 aliphatic rings. The lowest BCUT2D eigenvalue weighted by molar-refractivity contribution is -0.145. The Bertz CT molecular complexity index is 1370. The van der Waals surface area contributed by atoms with Gasteiger partial charge in [-0.05, 0) is 35.9 Å². The number of carbonyl (C=O) groups is 1. The van der Waals surface area contributed by atoms with Gasteiger partial charge in [0.05, 0.1) is 25.5 Å². The van der Waals surface area contributed by atoms with E-state index in [4.69, 9.17) is 23.9 Å². The lowest BCUT2D eigenvalue weighted by Gasteiger charge is -2.26. The molecule has 2 heterocycles. The van der Waals surface area contributed by atoms with Crippen LogP contribution in [0.25, 0.3) is 33.4 Å². The third kappa shape index (κ3) is 6.65. The maximum Gasteiger partial charge on any atom is 0.344 e. The molecule has 1 saturated heterocycles. The molecule has 0 atom stereocenters. The summed E-state index contributed by atoms with van der Waals surface area (Å²) in [6.45, 7) is 6.84. The van der Waals surface area contributed by atoms with Gasteiger partial charge in [-0.2, -0.15) is 4.98 Å². The van der Waals surface area contributed by atoms with Gasteiger partial charge in [-0.25, -0.2) is 9.78 Å². The average Bonchev–Trinajstić information content (AvgIpc) is 2.97. The average molecular weight is 514 g/mol. The second kappa shape index (κ2) is 12.5. The topological polar surface area (TPSA) is 83.0 Å². The molecule has 8 nitrogen and oxygen atoms in total. The van der Waals surface area contributed by atoms with Gasteiger partial charge in [0.2, 0.25) is 5.88 Å². The van der Waals surface area contributed by atoms with E-state index in [-0.39, 0.29) is 6.61 Å². The van der Waals surface area contributed by atoms with E-state index in [9.17, 15) is 4.79 Å². The summed E-state index contributed by atoms with van der Waals surface area (Å²) in [6.07, 6.45) is 0. The van der Waals surface area contributed by atoms with Crippen LogP contribution in [0, 0.1) is 0 Å². The van der Waals surface area contributed by atoms with Crippen LogP contribution in [0.5, 0.6) is 11.6 Å². The van der Waals surface area contributed by atoms with Gasteiger partial charge in [0.1, 0.15) is 12.4 Å². The first-order valence-corrected chi connectivity index (χ1v) is 12.9. The zero-order valence-corrected chi connectivity index (χ0v) is 21.5. The van der Waals surface area contributed by atoms with E-state index in [2.05, 4.69) is 9.88 Å². The van der Waals surface area contributed by atoms with Crippen molar-refractivity contribution < 1.29 is 23.7 Å². The molecule has 0 radical (unpaired) electrons. The van der Waals surface area contributed by atoms with Crippen LogP contribution in [0.2, 0.25) is 0 Å². The SMILES string of the molecule is CCOC(=O)COc1cc(-c2ccccc2)nc(-c2ccc3cc(OCCN4CCOCC4)ccc3c2)n1. The van der Waals surface area contributed by atoms with Crippen LogP contribution < -0.4 is 9.47 Å². The van der Waals surface area contributed by atoms with Crippen molar-refractivity contribution in [1.82, 2.24) is 14.9 Å². The van der Waals surface area contributed by atoms with Gasteiger partial charge in [-0.3, -0.25) is 4.90 Å². The Morgan fingerprint density at radius 2 is 1.68 bits per heavy atom. The molecule has 4 aromatic rings. The second-order valence-corrected chi connectivity index (χ2v) is 8.90. The summed E-state index contributed by atoms with van der Waals surface area (Å²) >= 11 is 0. The molecule has 5 rings (SSSR count). The largest absolute Gasteiger partial charge is 0.492 e. The smallest absolute Gasteiger partial charge is 0.344 e. The molecular formula is C30H31N3O5. The first kappa shape index (κ1) is 25.6. The molecule has 0 saturated carbocycles. The van der Waals surface area contributed by atoms with E-state index in [0.717, 1.165) is 60.5 Å². The van der Waals surface area contributed by atoms with Gasteiger partial charge >= 0.3 is 5.97 Å². The minimum atomic E-state index is -0.442. The Kier molecular flexibility index (Phi) is 8.42. The quantitative estimate of drug-likeness (QED) is 0.284. The minimum Gasteiger partial charge on any atom is -0.492 e. The molecular weight excluding hydrogens is 482 g/mol. The number of esters is 1. The van der Waals surface area contributed by atoms with Crippen molar-refractivity contribution in [2.75, 3.05) is 52.7 Å². The molecule has 1 aromatic heterocycles. The highest BCUT2D eigenvalue weighted by Crippen LogP contribution is 2.29. The number of hydrogen-bond acceptors (Lipinski definition) is 8. The van der Waals surface area contributed by atoms with Gasteiger partial charge in [0.25, 0.3) is 0 Å². The summed E-state index contributed by atoms with van der Waals surface area (Å²) in [5.41, 5.74) is 2.48. The highest BCUT2D eigenvalue weighted by molar-refractivity contribution is 5.87. The van der Waals surface area contributed by atoms with E-state index in [1.807, 2.05) is 66.7 Å². The fourth-order valence-electron chi connectivity index (χ4n) is 4.29. The minimum absolute atomic E-state index is 0.218. The van der Waals surface area contributed by atoms with Crippen LogP contribution in [-0.2, 0) is 14.3 Å². The lowest BCUT2D eigenvalue weighted by atomic mass is 10.1. The van der Waals surface area contributed by atoms with E-state index in [1.165, 1.54) is 0 Å². The van der Waals surface area contributed by atoms with Crippen LogP contribution >= 0.6 is 0 Å². The van der Waals surface area contributed by atoms with Gasteiger partial charge < -0.3 is 18.9 Å². The summed E-state index contributed by atoms with van der Waals surface area (Å²) < 4.78 is 22.1. The monoisotopic (exact) mass is 513 g/mol. The Morgan fingerprint density at radius 1 is 0.895 bits per heavy atom. The number of morpholine rings is 1. The number of benzene rings is 3. The van der Waals surface area contributed by atoms with E-state index >= 15 is 0 Å². The van der Waals surface area contributed by atoms with Crippen LogP contribution in [0.4, 0.5) is 0 Å². The number of carbonyl (C=O) groups excluding carboxylic acids is 1. The fourth-order valence-corrected chi connectivity index (χ4v) is 4.29. The molecule has 38 heavy (non-hydrogen) atoms. The fraction of sp³-hybridized carbons (Fsp3) is 0.300. The third-order valence-corrected chi connectivity index (χ3v) is 6.27. The molecule has 8 heteroatoms. The maximum atomic E-state index is 11.8. The molecule has 0 spiro atoms. The molecule has 0 bridgehead atoms. The Morgan fingerprint density at radius 3 is 2.50 bits per heavy atom. The maximum absolute atomic E-state index is 11.8. The van der Waals surface area contributed by atoms with Crippen molar-refractivity contribution >= 4 is 16.7 Å². The first-order valence-electron chi connectivity index (χ1n) is 12.9. The highest BCUT2D eigenvalue weighted by atomic mass is 16.6. The van der Waals surface area contributed by atoms with E-state index in [0.29, 0.717) is 30.6 Å². The summed E-state index contributed by atoms with van der Waals surface area (Å²) in [6, 6.07) is 23.7. The van der Waals surface area contributed by atoms with Crippen LogP contribution in [0.15, 0.2) is 72.8 Å². The van der Waals surface area contributed by atoms with Crippen molar-refractivity contribution in [2.24, 2.45) is 0 Å². The van der Waals surface area contributed by atoms with Crippen molar-refractivity contribution in [2.45, 2.75) is 6.92 Å². The number of fused-ring (bicyclic) bond motifs is 1. The lowest BCUT2D eigenvalue weighted by Crippen LogP contribution is -2.38.